The van der Waals surface area contributed by atoms with Crippen LogP contribution < -0.4 is 10.1 Å². The molecule has 1 fully saturated rings. The predicted octanol–water partition coefficient (Wildman–Crippen LogP) is 3.78. The molecule has 2 nitrogen and oxygen atoms in total. The molecule has 1 aliphatic carbocycles. The Balaban J connectivity index is 2.13. The first kappa shape index (κ1) is 13.4. The van der Waals surface area contributed by atoms with Crippen LogP contribution in [-0.4, -0.2) is 13.2 Å². The third-order valence-corrected chi connectivity index (χ3v) is 3.93. The van der Waals surface area contributed by atoms with E-state index in [2.05, 4.69) is 50.4 Å². The molecule has 2 heteroatoms. The van der Waals surface area contributed by atoms with Gasteiger partial charge in [0.15, 0.2) is 0 Å². The van der Waals surface area contributed by atoms with E-state index in [-0.39, 0.29) is 0 Å². The van der Waals surface area contributed by atoms with Crippen LogP contribution in [0.5, 0.6) is 5.75 Å². The molecule has 0 aromatic heterocycles. The largest absolute Gasteiger partial charge is 0.490 e. The summed E-state index contributed by atoms with van der Waals surface area (Å²) in [5.74, 6) is 2.29. The van der Waals surface area contributed by atoms with Gasteiger partial charge in [0.05, 0.1) is 6.10 Å². The number of ether oxygens (including phenoxy) is 1. The fourth-order valence-corrected chi connectivity index (χ4v) is 2.28. The highest BCUT2D eigenvalue weighted by Gasteiger charge is 2.24. The highest BCUT2D eigenvalue weighted by Crippen LogP contribution is 2.31. The second kappa shape index (κ2) is 5.75. The summed E-state index contributed by atoms with van der Waals surface area (Å²) < 4.78 is 5.87. The molecular weight excluding hydrogens is 222 g/mol. The number of nitrogens with one attached hydrogen (secondary N) is 1. The van der Waals surface area contributed by atoms with Crippen LogP contribution in [0, 0.1) is 11.8 Å². The normalized spacial score (nSPS) is 18.7. The number of hydrogen-bond acceptors (Lipinski definition) is 2. The first-order valence-electron chi connectivity index (χ1n) is 7.05. The molecule has 0 amide bonds. The molecule has 0 saturated heterocycles. The summed E-state index contributed by atoms with van der Waals surface area (Å²) in [7, 11) is 2.04. The Morgan fingerprint density at radius 2 is 1.94 bits per heavy atom. The number of benzene rings is 1. The molecule has 1 N–H and O–H groups in total. The maximum absolute atomic E-state index is 5.87. The van der Waals surface area contributed by atoms with Gasteiger partial charge in [0.1, 0.15) is 5.75 Å². The lowest BCUT2D eigenvalue weighted by atomic mass is 9.86. The maximum Gasteiger partial charge on any atom is 0.120 e. The minimum atomic E-state index is 0.396. The van der Waals surface area contributed by atoms with E-state index in [9.17, 15) is 0 Å². The maximum atomic E-state index is 5.87. The second-order valence-corrected chi connectivity index (χ2v) is 5.76. The fourth-order valence-electron chi connectivity index (χ4n) is 2.28. The fraction of sp³-hybridized carbons (Fsp3) is 0.625. The Kier molecular flexibility index (Phi) is 4.28. The molecule has 0 spiro atoms. The van der Waals surface area contributed by atoms with E-state index >= 15 is 0 Å². The van der Waals surface area contributed by atoms with Crippen molar-refractivity contribution in [1.29, 1.82) is 0 Å². The van der Waals surface area contributed by atoms with Crippen LogP contribution in [0.4, 0.5) is 0 Å². The molecule has 1 saturated carbocycles. The number of hydrogen-bond donors (Lipinski definition) is 1. The van der Waals surface area contributed by atoms with E-state index in [0.717, 1.165) is 5.75 Å². The van der Waals surface area contributed by atoms with Crippen LogP contribution in [0.15, 0.2) is 24.3 Å². The first-order chi connectivity index (χ1) is 8.61. The summed E-state index contributed by atoms with van der Waals surface area (Å²) in [4.78, 5) is 0. The molecule has 1 aromatic carbocycles. The van der Waals surface area contributed by atoms with Gasteiger partial charge in [-0.05, 0) is 49.4 Å². The van der Waals surface area contributed by atoms with Gasteiger partial charge >= 0.3 is 0 Å². The Labute approximate surface area is 111 Å². The van der Waals surface area contributed by atoms with Gasteiger partial charge in [0.25, 0.3) is 0 Å². The summed E-state index contributed by atoms with van der Waals surface area (Å²) in [6.45, 7) is 6.86. The lowest BCUT2D eigenvalue weighted by Crippen LogP contribution is -2.26. The molecule has 0 aliphatic heterocycles. The molecule has 0 bridgehead atoms. The standard InChI is InChI=1S/C16H25NO/c1-11(2)12(3)16(17-4)13-6-5-7-15(10-13)18-14-8-9-14/h5-7,10-12,14,16-17H,8-9H2,1-4H3. The van der Waals surface area contributed by atoms with E-state index in [4.69, 9.17) is 4.74 Å². The Morgan fingerprint density at radius 3 is 2.50 bits per heavy atom. The van der Waals surface area contributed by atoms with Crippen LogP contribution in [-0.2, 0) is 0 Å². The van der Waals surface area contributed by atoms with Gasteiger partial charge in [-0.1, -0.05) is 32.9 Å². The van der Waals surface area contributed by atoms with Crippen molar-refractivity contribution < 1.29 is 4.74 Å². The van der Waals surface area contributed by atoms with Crippen molar-refractivity contribution in [3.8, 4) is 5.75 Å². The van der Waals surface area contributed by atoms with Crippen molar-refractivity contribution in [2.75, 3.05) is 7.05 Å². The van der Waals surface area contributed by atoms with Gasteiger partial charge in [-0.25, -0.2) is 0 Å². The average molecular weight is 247 g/mol. The predicted molar refractivity (Wildman–Crippen MR) is 75.9 cm³/mol. The van der Waals surface area contributed by atoms with E-state index in [0.29, 0.717) is 24.0 Å². The zero-order valence-electron chi connectivity index (χ0n) is 11.9. The van der Waals surface area contributed by atoms with Gasteiger partial charge in [-0.2, -0.15) is 0 Å². The van der Waals surface area contributed by atoms with Gasteiger partial charge in [-0.15, -0.1) is 0 Å². The molecule has 2 unspecified atom stereocenters. The molecule has 0 heterocycles. The topological polar surface area (TPSA) is 21.3 Å². The highest BCUT2D eigenvalue weighted by atomic mass is 16.5. The van der Waals surface area contributed by atoms with Crippen molar-refractivity contribution in [1.82, 2.24) is 5.32 Å². The zero-order valence-corrected chi connectivity index (χ0v) is 11.9. The second-order valence-electron chi connectivity index (χ2n) is 5.76. The summed E-state index contributed by atoms with van der Waals surface area (Å²) in [5.41, 5.74) is 1.33. The first-order valence-corrected chi connectivity index (χ1v) is 7.05. The summed E-state index contributed by atoms with van der Waals surface area (Å²) in [6.07, 6.45) is 2.89. The van der Waals surface area contributed by atoms with Crippen LogP contribution in [0.25, 0.3) is 0 Å². The van der Waals surface area contributed by atoms with Gasteiger partial charge < -0.3 is 10.1 Å². The van der Waals surface area contributed by atoms with E-state index in [1.54, 1.807) is 0 Å². The number of rotatable bonds is 6. The van der Waals surface area contributed by atoms with E-state index in [1.807, 2.05) is 7.05 Å². The molecule has 2 atom stereocenters. The van der Waals surface area contributed by atoms with Crippen molar-refractivity contribution in [2.24, 2.45) is 11.8 Å². The summed E-state index contributed by atoms with van der Waals surface area (Å²) >= 11 is 0. The van der Waals surface area contributed by atoms with Crippen molar-refractivity contribution in [2.45, 2.75) is 45.8 Å². The zero-order chi connectivity index (χ0) is 13.1. The van der Waals surface area contributed by atoms with Crippen LogP contribution in [0.3, 0.4) is 0 Å². The third-order valence-electron chi connectivity index (χ3n) is 3.93. The Morgan fingerprint density at radius 1 is 1.22 bits per heavy atom. The Bertz CT molecular complexity index is 384. The van der Waals surface area contributed by atoms with Crippen molar-refractivity contribution in [3.63, 3.8) is 0 Å². The summed E-state index contributed by atoms with van der Waals surface area (Å²) in [6, 6.07) is 8.95. The molecule has 0 radical (unpaired) electrons. The van der Waals surface area contributed by atoms with Crippen LogP contribution in [0.1, 0.15) is 45.2 Å². The summed E-state index contributed by atoms with van der Waals surface area (Å²) in [5, 5.41) is 3.44. The molecule has 18 heavy (non-hydrogen) atoms. The smallest absolute Gasteiger partial charge is 0.120 e. The lowest BCUT2D eigenvalue weighted by Gasteiger charge is -2.27. The molecule has 100 valence electrons. The average Bonchev–Trinajstić information content (AvgIpc) is 3.14. The third kappa shape index (κ3) is 3.26. The van der Waals surface area contributed by atoms with Crippen LogP contribution >= 0.6 is 0 Å². The van der Waals surface area contributed by atoms with Crippen molar-refractivity contribution in [3.05, 3.63) is 29.8 Å². The Hall–Kier alpha value is -1.02. The van der Waals surface area contributed by atoms with Gasteiger partial charge in [-0.3, -0.25) is 0 Å². The van der Waals surface area contributed by atoms with E-state index < -0.39 is 0 Å². The molecular formula is C16H25NO. The highest BCUT2D eigenvalue weighted by molar-refractivity contribution is 5.31. The monoisotopic (exact) mass is 247 g/mol. The SMILES string of the molecule is CNC(c1cccc(OC2CC2)c1)C(C)C(C)C. The van der Waals surface area contributed by atoms with Gasteiger partial charge in [0, 0.05) is 6.04 Å². The minimum Gasteiger partial charge on any atom is -0.490 e. The van der Waals surface area contributed by atoms with Crippen molar-refractivity contribution >= 4 is 0 Å². The quantitative estimate of drug-likeness (QED) is 0.826. The van der Waals surface area contributed by atoms with Gasteiger partial charge in [0.2, 0.25) is 0 Å². The molecule has 2 rings (SSSR count). The molecule has 1 aromatic rings. The van der Waals surface area contributed by atoms with Crippen LogP contribution in [0.2, 0.25) is 0 Å². The molecule has 1 aliphatic rings. The lowest BCUT2D eigenvalue weighted by molar-refractivity contribution is 0.297. The van der Waals surface area contributed by atoms with E-state index in [1.165, 1.54) is 18.4 Å². The minimum absolute atomic E-state index is 0.396.